The number of anilines is 1. The van der Waals surface area contributed by atoms with Crippen LogP contribution in [0.15, 0.2) is 29.3 Å². The molecule has 0 aliphatic rings. The Bertz CT molecular complexity index is 508. The van der Waals surface area contributed by atoms with Crippen LogP contribution in [0.5, 0.6) is 0 Å². The Morgan fingerprint density at radius 1 is 1.26 bits per heavy atom. The van der Waals surface area contributed by atoms with E-state index in [4.69, 9.17) is 4.74 Å². The fourth-order valence-electron chi connectivity index (χ4n) is 1.91. The highest BCUT2D eigenvalue weighted by Crippen LogP contribution is 2.22. The number of nitro groups is 1. The zero-order chi connectivity index (χ0) is 16.9. The predicted molar refractivity (Wildman–Crippen MR) is 92.1 cm³/mol. The van der Waals surface area contributed by atoms with Gasteiger partial charge in [0.25, 0.3) is 5.69 Å². The topological polar surface area (TPSA) is 101 Å². The molecular formula is C15H25N5O3. The van der Waals surface area contributed by atoms with Crippen molar-refractivity contribution in [1.82, 2.24) is 10.6 Å². The highest BCUT2D eigenvalue weighted by molar-refractivity contribution is 5.79. The van der Waals surface area contributed by atoms with Gasteiger partial charge >= 0.3 is 0 Å². The van der Waals surface area contributed by atoms with Gasteiger partial charge in [-0.2, -0.15) is 0 Å². The number of guanidine groups is 1. The number of nitrogens with zero attached hydrogens (tertiary/aromatic N) is 2. The van der Waals surface area contributed by atoms with Crippen LogP contribution in [0.2, 0.25) is 0 Å². The van der Waals surface area contributed by atoms with Gasteiger partial charge in [-0.25, -0.2) is 0 Å². The van der Waals surface area contributed by atoms with E-state index >= 15 is 0 Å². The van der Waals surface area contributed by atoms with Crippen molar-refractivity contribution in [2.45, 2.75) is 13.3 Å². The summed E-state index contributed by atoms with van der Waals surface area (Å²) >= 11 is 0. The summed E-state index contributed by atoms with van der Waals surface area (Å²) in [6.45, 7) is 5.33. The van der Waals surface area contributed by atoms with Crippen LogP contribution in [-0.4, -0.2) is 50.8 Å². The lowest BCUT2D eigenvalue weighted by molar-refractivity contribution is -0.384. The van der Waals surface area contributed by atoms with Crippen molar-refractivity contribution in [1.29, 1.82) is 0 Å². The maximum Gasteiger partial charge on any atom is 0.292 e. The summed E-state index contributed by atoms with van der Waals surface area (Å²) in [4.78, 5) is 14.6. The maximum atomic E-state index is 10.9. The van der Waals surface area contributed by atoms with E-state index in [-0.39, 0.29) is 5.69 Å². The van der Waals surface area contributed by atoms with Crippen molar-refractivity contribution < 1.29 is 9.66 Å². The largest absolute Gasteiger partial charge is 0.382 e. The highest BCUT2D eigenvalue weighted by atomic mass is 16.6. The van der Waals surface area contributed by atoms with Crippen molar-refractivity contribution in [3.8, 4) is 0 Å². The Kier molecular flexibility index (Phi) is 9.14. The first-order chi connectivity index (χ1) is 11.2. The number of para-hydroxylation sites is 2. The van der Waals surface area contributed by atoms with Crippen molar-refractivity contribution >= 4 is 17.3 Å². The molecule has 8 nitrogen and oxygen atoms in total. The van der Waals surface area contributed by atoms with E-state index in [1.165, 1.54) is 6.07 Å². The number of aliphatic imine (C=N–C) groups is 1. The number of nitro benzene ring substituents is 1. The minimum Gasteiger partial charge on any atom is -0.382 e. The first-order valence-corrected chi connectivity index (χ1v) is 7.68. The first kappa shape index (κ1) is 18.7. The van der Waals surface area contributed by atoms with Gasteiger partial charge < -0.3 is 20.7 Å². The molecule has 0 unspecified atom stereocenters. The van der Waals surface area contributed by atoms with Crippen molar-refractivity contribution in [3.05, 3.63) is 34.4 Å². The standard InChI is InChI=1S/C15H25N5O3/c1-3-23-12-6-9-18-15(16-2)19-11-10-17-13-7-4-5-8-14(13)20(21)22/h4-5,7-8,17H,3,6,9-12H2,1-2H3,(H2,16,18,19). The zero-order valence-corrected chi connectivity index (χ0v) is 13.7. The fraction of sp³-hybridized carbons (Fsp3) is 0.533. The van der Waals surface area contributed by atoms with Gasteiger partial charge in [0.05, 0.1) is 4.92 Å². The van der Waals surface area contributed by atoms with Crippen LogP contribution >= 0.6 is 0 Å². The molecule has 1 aromatic carbocycles. The molecule has 0 saturated carbocycles. The van der Waals surface area contributed by atoms with Crippen LogP contribution in [0.25, 0.3) is 0 Å². The maximum absolute atomic E-state index is 10.9. The number of rotatable bonds is 10. The molecule has 128 valence electrons. The molecule has 0 saturated heterocycles. The van der Waals surface area contributed by atoms with Crippen LogP contribution in [0.1, 0.15) is 13.3 Å². The minimum absolute atomic E-state index is 0.0749. The van der Waals surface area contributed by atoms with Crippen LogP contribution in [0, 0.1) is 10.1 Å². The minimum atomic E-state index is -0.394. The molecule has 3 N–H and O–H groups in total. The summed E-state index contributed by atoms with van der Waals surface area (Å²) in [7, 11) is 1.70. The fourth-order valence-corrected chi connectivity index (χ4v) is 1.91. The third kappa shape index (κ3) is 7.46. The second-order valence-corrected chi connectivity index (χ2v) is 4.68. The molecule has 0 spiro atoms. The van der Waals surface area contributed by atoms with Gasteiger partial charge in [-0.15, -0.1) is 0 Å². The Hall–Kier alpha value is -2.35. The highest BCUT2D eigenvalue weighted by Gasteiger charge is 2.11. The predicted octanol–water partition coefficient (Wildman–Crippen LogP) is 1.60. The third-order valence-electron chi connectivity index (χ3n) is 3.02. The van der Waals surface area contributed by atoms with Gasteiger partial charge in [-0.05, 0) is 19.4 Å². The van der Waals surface area contributed by atoms with Gasteiger partial charge in [0.15, 0.2) is 5.96 Å². The van der Waals surface area contributed by atoms with Crippen LogP contribution in [0.4, 0.5) is 11.4 Å². The second kappa shape index (κ2) is 11.2. The van der Waals surface area contributed by atoms with Gasteiger partial charge in [0.1, 0.15) is 5.69 Å². The molecule has 0 aromatic heterocycles. The number of ether oxygens (including phenoxy) is 1. The molecule has 1 rings (SSSR count). The number of hydrogen-bond acceptors (Lipinski definition) is 5. The van der Waals surface area contributed by atoms with Crippen molar-refractivity contribution in [2.24, 2.45) is 4.99 Å². The molecule has 0 amide bonds. The summed E-state index contributed by atoms with van der Waals surface area (Å²) in [6, 6.07) is 6.59. The molecule has 0 heterocycles. The average Bonchev–Trinajstić information content (AvgIpc) is 2.56. The molecule has 0 aliphatic heterocycles. The van der Waals surface area contributed by atoms with Gasteiger partial charge in [-0.3, -0.25) is 15.1 Å². The Labute approximate surface area is 136 Å². The lowest BCUT2D eigenvalue weighted by Gasteiger charge is -2.12. The number of nitrogens with one attached hydrogen (secondary N) is 3. The quantitative estimate of drug-likeness (QED) is 0.199. The normalized spacial score (nSPS) is 11.1. The smallest absolute Gasteiger partial charge is 0.292 e. The van der Waals surface area contributed by atoms with Gasteiger partial charge in [0.2, 0.25) is 0 Å². The molecule has 0 atom stereocenters. The van der Waals surface area contributed by atoms with Crippen LogP contribution in [-0.2, 0) is 4.74 Å². The molecule has 1 aromatic rings. The molecule has 23 heavy (non-hydrogen) atoms. The first-order valence-electron chi connectivity index (χ1n) is 7.68. The second-order valence-electron chi connectivity index (χ2n) is 4.68. The molecular weight excluding hydrogens is 298 g/mol. The van der Waals surface area contributed by atoms with E-state index in [9.17, 15) is 10.1 Å². The Morgan fingerprint density at radius 2 is 2.00 bits per heavy atom. The molecule has 8 heteroatoms. The summed E-state index contributed by atoms with van der Waals surface area (Å²) in [5.74, 6) is 0.700. The van der Waals surface area contributed by atoms with Gasteiger partial charge in [-0.1, -0.05) is 12.1 Å². The van der Waals surface area contributed by atoms with E-state index in [1.54, 1.807) is 25.2 Å². The Balaban J connectivity index is 2.26. The molecule has 0 bridgehead atoms. The SMILES string of the molecule is CCOCCCNC(=NC)NCCNc1ccccc1[N+](=O)[O-]. The van der Waals surface area contributed by atoms with E-state index < -0.39 is 4.92 Å². The zero-order valence-electron chi connectivity index (χ0n) is 13.7. The number of hydrogen-bond donors (Lipinski definition) is 3. The van der Waals surface area contributed by atoms with E-state index in [0.29, 0.717) is 24.7 Å². The van der Waals surface area contributed by atoms with Crippen molar-refractivity contribution in [2.75, 3.05) is 45.2 Å². The molecule has 0 fully saturated rings. The summed E-state index contributed by atoms with van der Waals surface area (Å²) < 4.78 is 5.26. The number of benzene rings is 1. The van der Waals surface area contributed by atoms with E-state index in [0.717, 1.165) is 26.2 Å². The summed E-state index contributed by atoms with van der Waals surface area (Å²) in [6.07, 6.45) is 0.906. The summed E-state index contributed by atoms with van der Waals surface area (Å²) in [5, 5.41) is 20.3. The Morgan fingerprint density at radius 3 is 2.70 bits per heavy atom. The lowest BCUT2D eigenvalue weighted by atomic mass is 10.2. The van der Waals surface area contributed by atoms with Crippen LogP contribution < -0.4 is 16.0 Å². The average molecular weight is 323 g/mol. The van der Waals surface area contributed by atoms with E-state index in [1.807, 2.05) is 6.92 Å². The third-order valence-corrected chi connectivity index (χ3v) is 3.02. The van der Waals surface area contributed by atoms with Crippen LogP contribution in [0.3, 0.4) is 0 Å². The molecule has 0 aliphatic carbocycles. The van der Waals surface area contributed by atoms with Crippen molar-refractivity contribution in [3.63, 3.8) is 0 Å². The van der Waals surface area contributed by atoms with Gasteiger partial charge in [0, 0.05) is 46.0 Å². The summed E-state index contributed by atoms with van der Waals surface area (Å²) in [5.41, 5.74) is 0.588. The van der Waals surface area contributed by atoms with E-state index in [2.05, 4.69) is 20.9 Å². The lowest BCUT2D eigenvalue weighted by Crippen LogP contribution is -2.40. The molecule has 0 radical (unpaired) electrons. The monoisotopic (exact) mass is 323 g/mol.